The van der Waals surface area contributed by atoms with Crippen LogP contribution in [0.2, 0.25) is 9.62 Å². The average molecular weight is 353 g/mol. The van der Waals surface area contributed by atoms with E-state index in [1.54, 1.807) is 0 Å². The van der Waals surface area contributed by atoms with E-state index >= 15 is 0 Å². The third-order valence-corrected chi connectivity index (χ3v) is 5.11. The van der Waals surface area contributed by atoms with Crippen LogP contribution in [0.5, 0.6) is 0 Å². The second-order valence-electron chi connectivity index (χ2n) is 3.00. The number of unbranched alkanes of at least 4 members (excludes halogenated alkanes) is 2. The van der Waals surface area contributed by atoms with Crippen molar-refractivity contribution in [3.05, 3.63) is 0 Å². The SMILES string of the molecule is CCC[CH2][Mo+3](=[O])[CH2]CCC.[O-]P([O-])(=S)[S-]. The summed E-state index contributed by atoms with van der Waals surface area (Å²) in [7, 11) is 0. The molecule has 15 heavy (non-hydrogen) atoms. The summed E-state index contributed by atoms with van der Waals surface area (Å²) in [6.07, 6.45) is 4.77. The summed E-state index contributed by atoms with van der Waals surface area (Å²) in [6, 6.07) is 0. The van der Waals surface area contributed by atoms with E-state index in [0.29, 0.717) is 0 Å². The molecule has 0 aliphatic heterocycles. The van der Waals surface area contributed by atoms with Crippen molar-refractivity contribution < 1.29 is 30.5 Å². The summed E-state index contributed by atoms with van der Waals surface area (Å²) in [5.41, 5.74) is -3.72. The van der Waals surface area contributed by atoms with Crippen molar-refractivity contribution in [2.45, 2.75) is 49.2 Å². The van der Waals surface area contributed by atoms with Gasteiger partial charge in [-0.1, -0.05) is 0 Å². The molecule has 0 saturated carbocycles. The van der Waals surface area contributed by atoms with Crippen LogP contribution < -0.4 is 9.79 Å². The zero-order valence-corrected chi connectivity index (χ0v) is 13.7. The van der Waals surface area contributed by atoms with Gasteiger partial charge in [-0.15, -0.1) is 0 Å². The molecule has 7 heteroatoms. The van der Waals surface area contributed by atoms with Crippen LogP contribution in [0.4, 0.5) is 0 Å². The monoisotopic (exact) mass is 355 g/mol. The molecule has 0 aromatic heterocycles. The molecule has 0 N–H and O–H groups in total. The molecule has 0 aromatic rings. The first-order chi connectivity index (χ1) is 6.81. The van der Waals surface area contributed by atoms with Gasteiger partial charge in [0, 0.05) is 0 Å². The Labute approximate surface area is 109 Å². The standard InChI is InChI=1S/2C4H9.Mo.H3O2PS2.O/c2*1-3-4-2;;1-3(2,4)5;/h2*1,3-4H2,2H3;;(H3,1,2,4,5);/q;;+3;;/p-3. The fraction of sp³-hybridized carbons (Fsp3) is 1.00. The Kier molecular flexibility index (Phi) is 14.9. The van der Waals surface area contributed by atoms with Gasteiger partial charge in [-0.2, -0.15) is 11.8 Å². The first-order valence-corrected chi connectivity index (χ1v) is 12.2. The van der Waals surface area contributed by atoms with E-state index in [2.05, 4.69) is 37.9 Å². The normalized spacial score (nSPS) is 10.5. The predicted octanol–water partition coefficient (Wildman–Crippen LogP) is 1.87. The number of hydrogen-bond donors (Lipinski definition) is 0. The summed E-state index contributed by atoms with van der Waals surface area (Å²) in [6.45, 7) is 4.32. The molecule has 0 heterocycles. The molecule has 0 saturated heterocycles. The Balaban J connectivity index is 0. The van der Waals surface area contributed by atoms with Crippen LogP contribution in [0.15, 0.2) is 0 Å². The molecule has 0 aliphatic carbocycles. The molecule has 0 spiro atoms. The quantitative estimate of drug-likeness (QED) is 0.414. The van der Waals surface area contributed by atoms with Crippen LogP contribution in [0, 0.1) is 0 Å². The minimum absolute atomic E-state index is 1.06. The van der Waals surface area contributed by atoms with Crippen molar-refractivity contribution in [2.24, 2.45) is 0 Å². The minimum Gasteiger partial charge on any atom is -0.850 e. The Morgan fingerprint density at radius 3 is 1.67 bits per heavy atom. The molecule has 0 amide bonds. The first kappa shape index (κ1) is 18.8. The van der Waals surface area contributed by atoms with E-state index in [9.17, 15) is 13.2 Å². The molecular weight excluding hydrogens is 335 g/mol. The summed E-state index contributed by atoms with van der Waals surface area (Å²) in [5, 5.41) is 0. The van der Waals surface area contributed by atoms with E-state index < -0.39 is 23.0 Å². The second kappa shape index (κ2) is 11.9. The van der Waals surface area contributed by atoms with Gasteiger partial charge in [0.15, 0.2) is 0 Å². The van der Waals surface area contributed by atoms with Gasteiger partial charge in [-0.05, 0) is 0 Å². The molecule has 0 radical (unpaired) electrons. The van der Waals surface area contributed by atoms with Crippen molar-refractivity contribution in [1.29, 1.82) is 0 Å². The smallest absolute Gasteiger partial charge is 0.160 e. The second-order valence-corrected chi connectivity index (χ2v) is 11.6. The van der Waals surface area contributed by atoms with Gasteiger partial charge in [-0.25, -0.2) is 0 Å². The van der Waals surface area contributed by atoms with Gasteiger partial charge in [0.2, 0.25) is 0 Å². The first-order valence-electron chi connectivity index (χ1n) is 4.89. The molecule has 3 nitrogen and oxygen atoms in total. The Morgan fingerprint density at radius 2 is 1.47 bits per heavy atom. The van der Waals surface area contributed by atoms with Crippen LogP contribution in [0.3, 0.4) is 0 Å². The maximum atomic E-state index is 11.2. The number of hydrogen-bond acceptors (Lipinski definition) is 5. The molecular formula is C8H18MoO3PS2. The van der Waals surface area contributed by atoms with Crippen molar-refractivity contribution >= 4 is 29.7 Å². The van der Waals surface area contributed by atoms with Gasteiger partial charge in [0.1, 0.15) is 0 Å². The Hall–Kier alpha value is 1.41. The van der Waals surface area contributed by atoms with E-state index in [0.717, 1.165) is 9.62 Å². The third kappa shape index (κ3) is 31.3. The van der Waals surface area contributed by atoms with Crippen LogP contribution in [0.25, 0.3) is 0 Å². The maximum absolute atomic E-state index is 11.2. The topological polar surface area (TPSA) is 63.2 Å². The maximum Gasteiger partial charge on any atom is -0.160 e. The Bertz CT molecular complexity index is 190. The van der Waals surface area contributed by atoms with Crippen molar-refractivity contribution in [3.63, 3.8) is 0 Å². The summed E-state index contributed by atoms with van der Waals surface area (Å²) >= 11 is 5.52. The van der Waals surface area contributed by atoms with Crippen molar-refractivity contribution in [1.82, 2.24) is 0 Å². The van der Waals surface area contributed by atoms with E-state index in [-0.39, 0.29) is 0 Å². The van der Waals surface area contributed by atoms with Crippen LogP contribution in [0.1, 0.15) is 39.5 Å². The third-order valence-electron chi connectivity index (χ3n) is 1.45. The van der Waals surface area contributed by atoms with E-state index in [1.807, 2.05) is 0 Å². The molecule has 0 unspecified atom stereocenters. The predicted molar refractivity (Wildman–Crippen MR) is 61.8 cm³/mol. The van der Waals surface area contributed by atoms with Crippen molar-refractivity contribution in [3.8, 4) is 0 Å². The molecule has 0 aromatic carbocycles. The fourth-order valence-electron chi connectivity index (χ4n) is 0.713. The average Bonchev–Trinajstić information content (AvgIpc) is 2.08. The van der Waals surface area contributed by atoms with Gasteiger partial charge in [-0.3, -0.25) is 0 Å². The minimum atomic E-state index is -3.72. The largest absolute Gasteiger partial charge is 0.850 e. The molecule has 91 valence electrons. The van der Waals surface area contributed by atoms with Gasteiger partial charge < -0.3 is 27.7 Å². The zero-order chi connectivity index (χ0) is 12.3. The summed E-state index contributed by atoms with van der Waals surface area (Å²) in [5.74, 6) is 0. The van der Waals surface area contributed by atoms with E-state index in [4.69, 9.17) is 0 Å². The Morgan fingerprint density at radius 1 is 1.20 bits per heavy atom. The fourth-order valence-corrected chi connectivity index (χ4v) is 4.22. The zero-order valence-electron chi connectivity index (χ0n) is 9.14. The van der Waals surface area contributed by atoms with Crippen LogP contribution in [-0.4, -0.2) is 0 Å². The number of rotatable bonds is 6. The molecule has 0 bridgehead atoms. The van der Waals surface area contributed by atoms with Gasteiger partial charge in [0.05, 0.1) is 0 Å². The summed E-state index contributed by atoms with van der Waals surface area (Å²) < 4.78 is 11.2. The van der Waals surface area contributed by atoms with Crippen molar-refractivity contribution in [2.75, 3.05) is 0 Å². The van der Waals surface area contributed by atoms with Gasteiger partial charge in [0.25, 0.3) is 0 Å². The molecule has 0 fully saturated rings. The molecule has 0 atom stereocenters. The summed E-state index contributed by atoms with van der Waals surface area (Å²) in [4.78, 5) is 20.7. The molecule has 0 aliphatic rings. The van der Waals surface area contributed by atoms with Crippen LogP contribution in [-0.2, 0) is 44.7 Å². The van der Waals surface area contributed by atoms with Gasteiger partial charge >= 0.3 is 69.8 Å². The van der Waals surface area contributed by atoms with E-state index in [1.165, 1.54) is 25.7 Å². The molecule has 0 rings (SSSR count). The van der Waals surface area contributed by atoms with Crippen LogP contribution >= 0.6 is 5.69 Å².